The Labute approximate surface area is 108 Å². The monoisotopic (exact) mass is 261 g/mol. The van der Waals surface area contributed by atoms with Gasteiger partial charge in [-0.05, 0) is 11.4 Å². The lowest BCUT2D eigenvalue weighted by Gasteiger charge is -1.99. The minimum absolute atomic E-state index is 0.0189. The highest BCUT2D eigenvalue weighted by atomic mass is 32.1. The van der Waals surface area contributed by atoms with Gasteiger partial charge >= 0.3 is 0 Å². The number of carbonyl (C=O) groups is 1. The zero-order valence-corrected chi connectivity index (χ0v) is 10.3. The molecule has 0 aliphatic rings. The third kappa shape index (κ3) is 2.97. The average Bonchev–Trinajstić information content (AvgIpc) is 3.00. The van der Waals surface area contributed by atoms with Crippen molar-refractivity contribution in [1.82, 2.24) is 9.97 Å². The van der Waals surface area contributed by atoms with Crippen molar-refractivity contribution in [2.24, 2.45) is 0 Å². The topological polar surface area (TPSA) is 78.0 Å². The molecule has 0 saturated carbocycles. The smallest absolute Gasteiger partial charge is 0.269 e. The van der Waals surface area contributed by atoms with Gasteiger partial charge in [0, 0.05) is 24.4 Å². The van der Waals surface area contributed by atoms with Gasteiger partial charge in [0.05, 0.1) is 6.61 Å². The summed E-state index contributed by atoms with van der Waals surface area (Å²) in [6.07, 6.45) is 3.59. The van der Waals surface area contributed by atoms with Gasteiger partial charge in [-0.2, -0.15) is 0 Å². The van der Waals surface area contributed by atoms with E-state index in [4.69, 9.17) is 5.11 Å². The second-order valence-electron chi connectivity index (χ2n) is 3.33. The molecule has 3 N–H and O–H groups in total. The van der Waals surface area contributed by atoms with Crippen molar-refractivity contribution in [2.75, 3.05) is 11.9 Å². The van der Waals surface area contributed by atoms with Crippen molar-refractivity contribution < 1.29 is 9.90 Å². The van der Waals surface area contributed by atoms with E-state index >= 15 is 0 Å². The Morgan fingerprint density at radius 3 is 3.22 bits per heavy atom. The molecule has 5 nitrogen and oxygen atoms in total. The Hall–Kier alpha value is -2.10. The summed E-state index contributed by atoms with van der Waals surface area (Å²) in [5.41, 5.74) is 0.664. The van der Waals surface area contributed by atoms with E-state index in [2.05, 4.69) is 27.1 Å². The molecule has 0 fully saturated rings. The van der Waals surface area contributed by atoms with Gasteiger partial charge in [-0.15, -0.1) is 11.3 Å². The van der Waals surface area contributed by atoms with E-state index in [-0.39, 0.29) is 12.5 Å². The predicted octanol–water partition coefficient (Wildman–Crippen LogP) is 1.46. The largest absolute Gasteiger partial charge is 0.395 e. The summed E-state index contributed by atoms with van der Waals surface area (Å²) >= 11 is 1.32. The molecular formula is C12H11N3O2S. The Kier molecular flexibility index (Phi) is 4.12. The van der Waals surface area contributed by atoms with Crippen LogP contribution in [0.4, 0.5) is 5.95 Å². The Morgan fingerprint density at radius 2 is 2.50 bits per heavy atom. The summed E-state index contributed by atoms with van der Waals surface area (Å²) in [5, 5.41) is 13.1. The number of aromatic amines is 1. The van der Waals surface area contributed by atoms with E-state index in [1.165, 1.54) is 11.3 Å². The molecule has 0 aliphatic carbocycles. The number of nitrogens with zero attached hydrogens (tertiary/aromatic N) is 1. The maximum atomic E-state index is 11.9. The molecule has 0 spiro atoms. The summed E-state index contributed by atoms with van der Waals surface area (Å²) in [7, 11) is 0. The van der Waals surface area contributed by atoms with Gasteiger partial charge in [-0.1, -0.05) is 11.8 Å². The van der Waals surface area contributed by atoms with Crippen LogP contribution in [0.25, 0.3) is 0 Å². The van der Waals surface area contributed by atoms with Crippen molar-refractivity contribution in [1.29, 1.82) is 0 Å². The van der Waals surface area contributed by atoms with E-state index in [9.17, 15) is 4.79 Å². The van der Waals surface area contributed by atoms with Gasteiger partial charge < -0.3 is 10.1 Å². The number of aromatic nitrogens is 2. The molecule has 2 heterocycles. The lowest BCUT2D eigenvalue weighted by atomic mass is 10.2. The van der Waals surface area contributed by atoms with Crippen LogP contribution < -0.4 is 5.32 Å². The Bertz CT molecular complexity index is 578. The number of carbonyl (C=O) groups excluding carboxylic acids is 1. The molecule has 18 heavy (non-hydrogen) atoms. The number of aliphatic hydroxyl groups excluding tert-OH is 1. The molecule has 0 atom stereocenters. The van der Waals surface area contributed by atoms with Gasteiger partial charge in [0.25, 0.3) is 5.91 Å². The number of imidazole rings is 1. The minimum atomic E-state index is -0.242. The van der Waals surface area contributed by atoms with E-state index in [0.29, 0.717) is 22.8 Å². The number of H-pyrrole nitrogens is 1. The third-order valence-corrected chi connectivity index (χ3v) is 2.97. The van der Waals surface area contributed by atoms with Gasteiger partial charge in [-0.3, -0.25) is 10.1 Å². The minimum Gasteiger partial charge on any atom is -0.395 e. The molecule has 0 aliphatic heterocycles. The summed E-state index contributed by atoms with van der Waals surface area (Å²) in [4.78, 5) is 19.2. The summed E-state index contributed by atoms with van der Waals surface area (Å²) in [6, 6.07) is 1.78. The zero-order chi connectivity index (χ0) is 12.8. The molecule has 2 aromatic rings. The van der Waals surface area contributed by atoms with Crippen molar-refractivity contribution in [3.63, 3.8) is 0 Å². The molecule has 0 aromatic carbocycles. The fraction of sp³-hybridized carbons (Fsp3) is 0.167. The number of aliphatic hydroxyl groups is 1. The van der Waals surface area contributed by atoms with Crippen LogP contribution in [0.2, 0.25) is 0 Å². The van der Waals surface area contributed by atoms with Crippen LogP contribution in [0, 0.1) is 11.8 Å². The van der Waals surface area contributed by atoms with Crippen molar-refractivity contribution in [2.45, 2.75) is 6.42 Å². The van der Waals surface area contributed by atoms with E-state index < -0.39 is 0 Å². The fourth-order valence-electron chi connectivity index (χ4n) is 1.30. The highest BCUT2D eigenvalue weighted by Crippen LogP contribution is 2.17. The standard InChI is InChI=1S/C12H11N3O2S/c16-7-2-1-3-9-4-8-18-10(9)11(17)15-12-13-5-6-14-12/h4-6,8,16H,2,7H2,(H2,13,14,15,17). The van der Waals surface area contributed by atoms with Crippen molar-refractivity contribution in [3.8, 4) is 11.8 Å². The van der Waals surface area contributed by atoms with Gasteiger partial charge in [0.1, 0.15) is 4.88 Å². The maximum Gasteiger partial charge on any atom is 0.269 e. The van der Waals surface area contributed by atoms with Crippen LogP contribution in [-0.2, 0) is 0 Å². The molecule has 92 valence electrons. The SMILES string of the molecule is O=C(Nc1ncc[nH]1)c1sccc1C#CCCO. The van der Waals surface area contributed by atoms with Crippen LogP contribution >= 0.6 is 11.3 Å². The van der Waals surface area contributed by atoms with Crippen LogP contribution in [0.3, 0.4) is 0 Å². The number of thiophene rings is 1. The van der Waals surface area contributed by atoms with Gasteiger partial charge in [-0.25, -0.2) is 4.98 Å². The normalized spacial score (nSPS) is 9.61. The second-order valence-corrected chi connectivity index (χ2v) is 4.25. The molecule has 0 unspecified atom stereocenters. The van der Waals surface area contributed by atoms with E-state index in [0.717, 1.165) is 0 Å². The van der Waals surface area contributed by atoms with Crippen LogP contribution in [-0.4, -0.2) is 27.6 Å². The highest BCUT2D eigenvalue weighted by molar-refractivity contribution is 7.12. The molecule has 0 radical (unpaired) electrons. The lowest BCUT2D eigenvalue weighted by Crippen LogP contribution is -2.12. The number of rotatable bonds is 3. The maximum absolute atomic E-state index is 11.9. The first-order chi connectivity index (χ1) is 8.81. The summed E-state index contributed by atoms with van der Waals surface area (Å²) in [6.45, 7) is 0.0189. The van der Waals surface area contributed by atoms with Crippen LogP contribution in [0.1, 0.15) is 21.7 Å². The summed E-state index contributed by atoms with van der Waals surface area (Å²) in [5.74, 6) is 5.82. The Morgan fingerprint density at radius 1 is 1.61 bits per heavy atom. The molecule has 2 aromatic heterocycles. The quantitative estimate of drug-likeness (QED) is 0.732. The van der Waals surface area contributed by atoms with Crippen LogP contribution in [0.5, 0.6) is 0 Å². The second kappa shape index (κ2) is 6.00. The molecule has 1 amide bonds. The number of amides is 1. The van der Waals surface area contributed by atoms with Crippen LogP contribution in [0.15, 0.2) is 23.8 Å². The fourth-order valence-corrected chi connectivity index (χ4v) is 2.04. The number of hydrogen-bond donors (Lipinski definition) is 3. The number of hydrogen-bond acceptors (Lipinski definition) is 4. The number of anilines is 1. The first-order valence-electron chi connectivity index (χ1n) is 5.29. The third-order valence-electron chi connectivity index (χ3n) is 2.06. The molecule has 2 rings (SSSR count). The molecular weight excluding hydrogens is 250 g/mol. The van der Waals surface area contributed by atoms with E-state index in [1.807, 2.05) is 0 Å². The van der Waals surface area contributed by atoms with E-state index in [1.54, 1.807) is 23.8 Å². The zero-order valence-electron chi connectivity index (χ0n) is 9.43. The van der Waals surface area contributed by atoms with Gasteiger partial charge in [0.15, 0.2) is 0 Å². The first kappa shape index (κ1) is 12.4. The Balaban J connectivity index is 2.12. The highest BCUT2D eigenvalue weighted by Gasteiger charge is 2.12. The predicted molar refractivity (Wildman–Crippen MR) is 69.4 cm³/mol. The molecule has 0 saturated heterocycles. The average molecular weight is 261 g/mol. The molecule has 6 heteroatoms. The first-order valence-corrected chi connectivity index (χ1v) is 6.17. The summed E-state index contributed by atoms with van der Waals surface area (Å²) < 4.78 is 0. The van der Waals surface area contributed by atoms with Crippen molar-refractivity contribution in [3.05, 3.63) is 34.3 Å². The lowest BCUT2D eigenvalue weighted by molar-refractivity contribution is 0.102. The van der Waals surface area contributed by atoms with Gasteiger partial charge in [0.2, 0.25) is 5.95 Å². The van der Waals surface area contributed by atoms with Crippen molar-refractivity contribution >= 4 is 23.2 Å². The molecule has 0 bridgehead atoms. The number of nitrogens with one attached hydrogen (secondary N) is 2.